The van der Waals surface area contributed by atoms with Crippen molar-refractivity contribution in [2.75, 3.05) is 25.5 Å². The average molecular weight is 248 g/mol. The highest BCUT2D eigenvalue weighted by molar-refractivity contribution is 5.89. The topological polar surface area (TPSA) is 45.6 Å². The van der Waals surface area contributed by atoms with Crippen LogP contribution in [0, 0.1) is 6.92 Å². The first-order valence-electron chi connectivity index (χ1n) is 6.59. The van der Waals surface area contributed by atoms with E-state index in [1.165, 1.54) is 5.56 Å². The van der Waals surface area contributed by atoms with Crippen molar-refractivity contribution in [1.82, 2.24) is 5.32 Å². The summed E-state index contributed by atoms with van der Waals surface area (Å²) in [4.78, 5) is 13.4. The molecule has 18 heavy (non-hydrogen) atoms. The molecule has 3 N–H and O–H groups in total. The summed E-state index contributed by atoms with van der Waals surface area (Å²) in [5.41, 5.74) is 2.04. The van der Waals surface area contributed by atoms with Gasteiger partial charge in [0.25, 0.3) is 0 Å². The lowest BCUT2D eigenvalue weighted by molar-refractivity contribution is -0.884. The molecular weight excluding hydrogens is 226 g/mol. The molecule has 1 saturated heterocycles. The number of anilines is 1. The van der Waals surface area contributed by atoms with Gasteiger partial charge in [0, 0.05) is 24.6 Å². The van der Waals surface area contributed by atoms with Crippen molar-refractivity contribution in [2.24, 2.45) is 0 Å². The predicted octanol–water partition coefficient (Wildman–Crippen LogP) is 0.794. The number of hydrogen-bond donors (Lipinski definition) is 3. The summed E-state index contributed by atoms with van der Waals surface area (Å²) in [6, 6.07) is 8.06. The third-order valence-corrected chi connectivity index (χ3v) is 3.48. The summed E-state index contributed by atoms with van der Waals surface area (Å²) in [6.45, 7) is 4.30. The Morgan fingerprint density at radius 2 is 1.83 bits per heavy atom. The van der Waals surface area contributed by atoms with Crippen molar-refractivity contribution < 1.29 is 9.69 Å². The monoisotopic (exact) mass is 248 g/mol. The van der Waals surface area contributed by atoms with Crippen molar-refractivity contribution >= 4 is 11.7 Å². The molecule has 0 aliphatic carbocycles. The normalized spacial score (nSPS) is 23.4. The second-order valence-corrected chi connectivity index (χ2v) is 5.20. The molecule has 2 rings (SSSR count). The van der Waals surface area contributed by atoms with E-state index in [1.54, 1.807) is 4.90 Å². The number of urea groups is 1. The first kappa shape index (κ1) is 12.9. The number of piperidine rings is 1. The average Bonchev–Trinajstić information content (AvgIpc) is 2.35. The maximum Gasteiger partial charge on any atom is 0.319 e. The van der Waals surface area contributed by atoms with Gasteiger partial charge in [-0.2, -0.15) is 0 Å². The number of hydrogen-bond acceptors (Lipinski definition) is 1. The molecular formula is C14H22N3O+. The molecule has 1 aromatic carbocycles. The first-order chi connectivity index (χ1) is 8.63. The maximum absolute atomic E-state index is 11.8. The summed E-state index contributed by atoms with van der Waals surface area (Å²) >= 11 is 0. The fraction of sp³-hybridized carbons (Fsp3) is 0.500. The number of rotatable bonds is 2. The number of carbonyl (C=O) groups excluding carboxylic acids is 1. The first-order valence-corrected chi connectivity index (χ1v) is 6.59. The van der Waals surface area contributed by atoms with Crippen LogP contribution in [0.3, 0.4) is 0 Å². The van der Waals surface area contributed by atoms with Crippen LogP contribution < -0.4 is 15.5 Å². The van der Waals surface area contributed by atoms with Gasteiger partial charge in [0.15, 0.2) is 0 Å². The predicted molar refractivity (Wildman–Crippen MR) is 73.0 cm³/mol. The van der Waals surface area contributed by atoms with Gasteiger partial charge in [-0.1, -0.05) is 17.7 Å². The number of benzene rings is 1. The van der Waals surface area contributed by atoms with Crippen LogP contribution in [0.15, 0.2) is 24.3 Å². The Morgan fingerprint density at radius 3 is 2.44 bits per heavy atom. The van der Waals surface area contributed by atoms with E-state index in [2.05, 4.69) is 17.7 Å². The van der Waals surface area contributed by atoms with Crippen LogP contribution in [0.2, 0.25) is 0 Å². The van der Waals surface area contributed by atoms with Crippen LogP contribution in [0.25, 0.3) is 0 Å². The lowest BCUT2D eigenvalue weighted by Gasteiger charge is -2.27. The molecule has 0 atom stereocenters. The Morgan fingerprint density at radius 1 is 1.22 bits per heavy atom. The van der Waals surface area contributed by atoms with E-state index in [1.807, 2.05) is 31.2 Å². The summed E-state index contributed by atoms with van der Waals surface area (Å²) in [7, 11) is 2.20. The van der Waals surface area contributed by atoms with Crippen LogP contribution in [-0.4, -0.2) is 32.2 Å². The number of likely N-dealkylation sites (tertiary alicyclic amines) is 1. The van der Waals surface area contributed by atoms with Crippen molar-refractivity contribution in [1.29, 1.82) is 0 Å². The molecule has 1 aliphatic rings. The Labute approximate surface area is 108 Å². The number of quaternary nitrogens is 1. The summed E-state index contributed by atoms with van der Waals surface area (Å²) in [6.07, 6.45) is 2.13. The second-order valence-electron chi connectivity index (χ2n) is 5.20. The zero-order valence-electron chi connectivity index (χ0n) is 11.1. The number of nitrogens with one attached hydrogen (secondary N) is 3. The molecule has 0 spiro atoms. The summed E-state index contributed by atoms with van der Waals surface area (Å²) in [5.74, 6) is 0. The number of amides is 2. The third kappa shape index (κ3) is 3.74. The van der Waals surface area contributed by atoms with Crippen molar-refractivity contribution in [2.45, 2.75) is 25.8 Å². The van der Waals surface area contributed by atoms with E-state index in [4.69, 9.17) is 0 Å². The Hall–Kier alpha value is -1.55. The molecule has 2 amide bonds. The fourth-order valence-electron chi connectivity index (χ4n) is 2.24. The molecule has 0 unspecified atom stereocenters. The van der Waals surface area contributed by atoms with Crippen molar-refractivity contribution in [3.63, 3.8) is 0 Å². The zero-order valence-corrected chi connectivity index (χ0v) is 11.1. The molecule has 4 nitrogen and oxygen atoms in total. The summed E-state index contributed by atoms with van der Waals surface area (Å²) < 4.78 is 0. The minimum atomic E-state index is -0.0941. The molecule has 1 aromatic rings. The van der Waals surface area contributed by atoms with Gasteiger partial charge >= 0.3 is 6.03 Å². The highest BCUT2D eigenvalue weighted by Gasteiger charge is 2.20. The highest BCUT2D eigenvalue weighted by atomic mass is 16.2. The third-order valence-electron chi connectivity index (χ3n) is 3.48. The van der Waals surface area contributed by atoms with Gasteiger partial charge in [-0.05, 0) is 19.1 Å². The molecule has 0 radical (unpaired) electrons. The number of carbonyl (C=O) groups is 1. The molecule has 1 heterocycles. The van der Waals surface area contributed by atoms with Crippen LogP contribution >= 0.6 is 0 Å². The van der Waals surface area contributed by atoms with Gasteiger partial charge < -0.3 is 15.5 Å². The van der Waals surface area contributed by atoms with E-state index in [-0.39, 0.29) is 6.03 Å². The van der Waals surface area contributed by atoms with Gasteiger partial charge in [-0.15, -0.1) is 0 Å². The molecule has 0 bridgehead atoms. The minimum absolute atomic E-state index is 0.0941. The van der Waals surface area contributed by atoms with Crippen molar-refractivity contribution in [3.05, 3.63) is 29.8 Å². The second kappa shape index (κ2) is 5.87. The van der Waals surface area contributed by atoms with E-state index in [0.717, 1.165) is 31.6 Å². The lowest BCUT2D eigenvalue weighted by atomic mass is 10.1. The van der Waals surface area contributed by atoms with Crippen LogP contribution in [-0.2, 0) is 0 Å². The zero-order chi connectivity index (χ0) is 13.0. The van der Waals surface area contributed by atoms with Crippen molar-refractivity contribution in [3.8, 4) is 0 Å². The minimum Gasteiger partial charge on any atom is -0.337 e. The van der Waals surface area contributed by atoms with Gasteiger partial charge in [0.2, 0.25) is 0 Å². The van der Waals surface area contributed by atoms with E-state index in [9.17, 15) is 4.79 Å². The molecule has 1 aliphatic heterocycles. The highest BCUT2D eigenvalue weighted by Crippen LogP contribution is 2.08. The SMILES string of the molecule is Cc1ccc(NC(=O)NC2CC[NH+](C)CC2)cc1. The lowest BCUT2D eigenvalue weighted by Crippen LogP contribution is -3.10. The van der Waals surface area contributed by atoms with Gasteiger partial charge in [0.1, 0.15) is 0 Å². The molecule has 0 saturated carbocycles. The standard InChI is InChI=1S/C14H21N3O/c1-11-3-5-12(6-4-11)15-14(18)16-13-7-9-17(2)10-8-13/h3-6,13H,7-10H2,1-2H3,(H2,15,16,18)/p+1. The molecule has 1 fully saturated rings. The van der Waals surface area contributed by atoms with E-state index in [0.29, 0.717) is 6.04 Å². The maximum atomic E-state index is 11.8. The largest absolute Gasteiger partial charge is 0.337 e. The van der Waals surface area contributed by atoms with Crippen LogP contribution in [0.1, 0.15) is 18.4 Å². The quantitative estimate of drug-likeness (QED) is 0.712. The van der Waals surface area contributed by atoms with Gasteiger partial charge in [-0.25, -0.2) is 4.79 Å². The Bertz CT molecular complexity index is 394. The van der Waals surface area contributed by atoms with Crippen LogP contribution in [0.5, 0.6) is 0 Å². The molecule has 0 aromatic heterocycles. The smallest absolute Gasteiger partial charge is 0.319 e. The van der Waals surface area contributed by atoms with E-state index < -0.39 is 0 Å². The Kier molecular flexibility index (Phi) is 4.20. The number of aryl methyl sites for hydroxylation is 1. The molecule has 98 valence electrons. The molecule has 4 heteroatoms. The summed E-state index contributed by atoms with van der Waals surface area (Å²) in [5, 5.41) is 5.91. The fourth-order valence-corrected chi connectivity index (χ4v) is 2.24. The van der Waals surface area contributed by atoms with E-state index >= 15 is 0 Å². The van der Waals surface area contributed by atoms with Gasteiger partial charge in [-0.3, -0.25) is 0 Å². The van der Waals surface area contributed by atoms with Gasteiger partial charge in [0.05, 0.1) is 20.1 Å². The van der Waals surface area contributed by atoms with Crippen LogP contribution in [0.4, 0.5) is 10.5 Å². The Balaban J connectivity index is 1.80.